The topological polar surface area (TPSA) is 123 Å². The summed E-state index contributed by atoms with van der Waals surface area (Å²) in [5.41, 5.74) is 0.345. The molecule has 4 N–H and O–H groups in total. The lowest BCUT2D eigenvalue weighted by Crippen LogP contribution is -2.99. The number of hydrogen-bond acceptors (Lipinski definition) is 5. The second kappa shape index (κ2) is 4.98. The average molecular weight is 263 g/mol. The fourth-order valence-electron chi connectivity index (χ4n) is 1.49. The van der Waals surface area contributed by atoms with Crippen molar-refractivity contribution < 1.29 is 24.8 Å². The maximum absolute atomic E-state index is 11.4. The number of carbonyl (C=O) groups excluding carboxylic acids is 3. The van der Waals surface area contributed by atoms with Crippen LogP contribution in [0.15, 0.2) is 29.8 Å². The lowest BCUT2D eigenvalue weighted by atomic mass is 10.1. The van der Waals surface area contributed by atoms with Crippen molar-refractivity contribution in [1.29, 1.82) is 0 Å². The number of barbiturate groups is 1. The molecule has 0 saturated carbocycles. The summed E-state index contributed by atoms with van der Waals surface area (Å²) in [5.74, 6) is -1.59. The molecule has 2 rings (SSSR count). The van der Waals surface area contributed by atoms with Gasteiger partial charge >= 0.3 is 6.03 Å². The van der Waals surface area contributed by atoms with Crippen LogP contribution in [0, 0.1) is 5.21 Å². The molecular weight excluding hydrogens is 254 g/mol. The number of hydrogen-bond donors (Lipinski definition) is 4. The number of quaternary nitrogens is 1. The number of imide groups is 2. The maximum Gasteiger partial charge on any atom is 0.328 e. The Hall–Kier alpha value is -2.55. The number of benzene rings is 1. The Kier molecular flexibility index (Phi) is 3.38. The lowest BCUT2D eigenvalue weighted by molar-refractivity contribution is -0.991. The average Bonchev–Trinajstić information content (AvgIpc) is 2.34. The zero-order valence-electron chi connectivity index (χ0n) is 9.47. The Morgan fingerprint density at radius 2 is 1.58 bits per heavy atom. The predicted octanol–water partition coefficient (Wildman–Crippen LogP) is -1.16. The van der Waals surface area contributed by atoms with Crippen molar-refractivity contribution in [3.05, 3.63) is 40.6 Å². The summed E-state index contributed by atoms with van der Waals surface area (Å²) in [6.45, 7) is 0. The molecule has 19 heavy (non-hydrogen) atoms. The molecule has 1 atom stereocenters. The number of carbonyl (C=O) groups is 3. The van der Waals surface area contributed by atoms with E-state index < -0.39 is 23.1 Å². The third-order valence-corrected chi connectivity index (χ3v) is 2.41. The van der Waals surface area contributed by atoms with E-state index in [1.54, 1.807) is 0 Å². The Labute approximate surface area is 106 Å². The molecule has 8 heteroatoms. The van der Waals surface area contributed by atoms with Crippen molar-refractivity contribution in [2.75, 3.05) is 0 Å². The van der Waals surface area contributed by atoms with E-state index in [1.165, 1.54) is 30.3 Å². The molecule has 8 nitrogen and oxygen atoms in total. The van der Waals surface area contributed by atoms with E-state index in [-0.39, 0.29) is 11.3 Å². The Balaban J connectivity index is 2.27. The number of urea groups is 1. The standard InChI is InChI=1S/C11H9N3O5/c15-9-8(10(16)13-11(17)12-9)5-6-1-3-7(4-2-6)14(18)19/h1-5,14,18H,(H2,12,13,15,16,17). The van der Waals surface area contributed by atoms with Crippen molar-refractivity contribution >= 4 is 29.6 Å². The smallest absolute Gasteiger partial charge is 0.328 e. The molecule has 1 aromatic carbocycles. The number of amides is 4. The normalized spacial score (nSPS) is 16.7. The molecule has 1 fully saturated rings. The summed E-state index contributed by atoms with van der Waals surface area (Å²) in [7, 11) is 0. The van der Waals surface area contributed by atoms with E-state index in [1.807, 2.05) is 10.6 Å². The van der Waals surface area contributed by atoms with Gasteiger partial charge in [0.2, 0.25) is 0 Å². The van der Waals surface area contributed by atoms with Crippen molar-refractivity contribution in [3.63, 3.8) is 0 Å². The van der Waals surface area contributed by atoms with Gasteiger partial charge in [-0.25, -0.2) is 10.0 Å². The van der Waals surface area contributed by atoms with Gasteiger partial charge in [-0.05, 0) is 23.8 Å². The van der Waals surface area contributed by atoms with E-state index in [0.29, 0.717) is 5.56 Å². The first kappa shape index (κ1) is 12.9. The van der Waals surface area contributed by atoms with Crippen LogP contribution >= 0.6 is 0 Å². The molecule has 1 aromatic rings. The molecule has 0 spiro atoms. The van der Waals surface area contributed by atoms with Crippen LogP contribution < -0.4 is 15.9 Å². The molecule has 0 aliphatic carbocycles. The molecule has 4 amide bonds. The van der Waals surface area contributed by atoms with Gasteiger partial charge < -0.3 is 5.21 Å². The highest BCUT2D eigenvalue weighted by Crippen LogP contribution is 2.11. The minimum atomic E-state index is -1.07. The van der Waals surface area contributed by atoms with Crippen LogP contribution in [0.1, 0.15) is 5.56 Å². The van der Waals surface area contributed by atoms with Gasteiger partial charge in [-0.2, -0.15) is 5.23 Å². The van der Waals surface area contributed by atoms with E-state index in [2.05, 4.69) is 0 Å². The monoisotopic (exact) mass is 263 g/mol. The lowest BCUT2D eigenvalue weighted by Gasteiger charge is -2.14. The minimum Gasteiger partial charge on any atom is -0.595 e. The predicted molar refractivity (Wildman–Crippen MR) is 61.9 cm³/mol. The fourth-order valence-corrected chi connectivity index (χ4v) is 1.49. The van der Waals surface area contributed by atoms with Crippen LogP contribution in [0.2, 0.25) is 0 Å². The summed E-state index contributed by atoms with van der Waals surface area (Å²) in [5, 5.41) is 22.2. The summed E-state index contributed by atoms with van der Waals surface area (Å²) in [6.07, 6.45) is 1.27. The molecule has 98 valence electrons. The van der Waals surface area contributed by atoms with Gasteiger partial charge in [-0.15, -0.1) is 0 Å². The Bertz CT molecular complexity index is 554. The summed E-state index contributed by atoms with van der Waals surface area (Å²) in [6, 6.07) is 4.73. The quantitative estimate of drug-likeness (QED) is 0.304. The second-order valence-corrected chi connectivity index (χ2v) is 3.72. The SMILES string of the molecule is O=C1NC(=O)C(=Cc2ccc([NH+]([O-])O)cc2)C(=O)N1. The molecule has 1 saturated heterocycles. The van der Waals surface area contributed by atoms with Crippen LogP contribution in [0.5, 0.6) is 0 Å². The van der Waals surface area contributed by atoms with Crippen LogP contribution in [-0.2, 0) is 9.59 Å². The Morgan fingerprint density at radius 1 is 1.05 bits per heavy atom. The first-order valence-electron chi connectivity index (χ1n) is 5.19. The first-order valence-corrected chi connectivity index (χ1v) is 5.19. The zero-order valence-corrected chi connectivity index (χ0v) is 9.47. The molecular formula is C11H9N3O5. The molecule has 1 aliphatic heterocycles. The highest BCUT2D eigenvalue weighted by atomic mass is 16.8. The van der Waals surface area contributed by atoms with Gasteiger partial charge in [-0.1, -0.05) is 0 Å². The van der Waals surface area contributed by atoms with Gasteiger partial charge in [0, 0.05) is 12.1 Å². The largest absolute Gasteiger partial charge is 0.595 e. The maximum atomic E-state index is 11.4. The molecule has 1 aliphatic rings. The van der Waals surface area contributed by atoms with E-state index in [4.69, 9.17) is 5.21 Å². The number of rotatable bonds is 2. The van der Waals surface area contributed by atoms with Gasteiger partial charge in [-0.3, -0.25) is 20.2 Å². The van der Waals surface area contributed by atoms with E-state index in [0.717, 1.165) is 0 Å². The Morgan fingerprint density at radius 3 is 2.05 bits per heavy atom. The van der Waals surface area contributed by atoms with Crippen LogP contribution in [0.4, 0.5) is 10.5 Å². The van der Waals surface area contributed by atoms with Gasteiger partial charge in [0.15, 0.2) is 5.69 Å². The molecule has 1 unspecified atom stereocenters. The molecule has 1 heterocycles. The first-order chi connectivity index (χ1) is 8.97. The highest BCUT2D eigenvalue weighted by Gasteiger charge is 2.27. The van der Waals surface area contributed by atoms with E-state index in [9.17, 15) is 19.6 Å². The minimum absolute atomic E-state index is 0.0925. The molecule has 0 radical (unpaired) electrons. The van der Waals surface area contributed by atoms with Crippen molar-refractivity contribution in [2.45, 2.75) is 0 Å². The molecule has 0 aromatic heterocycles. The fraction of sp³-hybridized carbons (Fsp3) is 0. The van der Waals surface area contributed by atoms with Gasteiger partial charge in [0.25, 0.3) is 11.8 Å². The van der Waals surface area contributed by atoms with Crippen LogP contribution in [0.3, 0.4) is 0 Å². The number of nitrogens with one attached hydrogen (secondary N) is 3. The summed E-state index contributed by atoms with van der Waals surface area (Å²) >= 11 is 0. The highest BCUT2D eigenvalue weighted by molar-refractivity contribution is 6.31. The summed E-state index contributed by atoms with van der Waals surface area (Å²) in [4.78, 5) is 33.7. The third-order valence-electron chi connectivity index (χ3n) is 2.41. The second-order valence-electron chi connectivity index (χ2n) is 3.72. The van der Waals surface area contributed by atoms with Crippen molar-refractivity contribution in [1.82, 2.24) is 10.6 Å². The van der Waals surface area contributed by atoms with Crippen molar-refractivity contribution in [2.24, 2.45) is 0 Å². The molecule has 0 bridgehead atoms. The van der Waals surface area contributed by atoms with Crippen LogP contribution in [-0.4, -0.2) is 23.1 Å². The zero-order chi connectivity index (χ0) is 14.0. The van der Waals surface area contributed by atoms with Crippen LogP contribution in [0.25, 0.3) is 6.08 Å². The van der Waals surface area contributed by atoms with Gasteiger partial charge in [0.1, 0.15) is 5.57 Å². The van der Waals surface area contributed by atoms with Gasteiger partial charge in [0.05, 0.1) is 0 Å². The third kappa shape index (κ3) is 2.83. The van der Waals surface area contributed by atoms with Crippen molar-refractivity contribution in [3.8, 4) is 0 Å². The summed E-state index contributed by atoms with van der Waals surface area (Å²) < 4.78 is 0. The van der Waals surface area contributed by atoms with E-state index >= 15 is 0 Å².